The molecule has 1 saturated heterocycles. The summed E-state index contributed by atoms with van der Waals surface area (Å²) < 4.78 is 0. The molecule has 3 aliphatic rings. The van der Waals surface area contributed by atoms with Crippen molar-refractivity contribution in [3.8, 4) is 0 Å². The Morgan fingerprint density at radius 3 is 2.04 bits per heavy atom. The summed E-state index contributed by atoms with van der Waals surface area (Å²) in [5.74, 6) is 0.964. The molecule has 3 N–H and O–H groups in total. The number of aliphatic hydroxyl groups is 1. The number of hydrogen-bond acceptors (Lipinski definition) is 3. The molecule has 4 nitrogen and oxygen atoms in total. The van der Waals surface area contributed by atoms with Gasteiger partial charge in [0.1, 0.15) is 0 Å². The maximum absolute atomic E-state index is 12.6. The van der Waals surface area contributed by atoms with Gasteiger partial charge in [-0.25, -0.2) is 0 Å². The number of rotatable bonds is 5. The molecule has 0 aromatic carbocycles. The second-order valence-corrected chi connectivity index (χ2v) is 7.97. The highest BCUT2D eigenvalue weighted by molar-refractivity contribution is 5.82. The molecule has 2 aliphatic carbocycles. The largest absolute Gasteiger partial charge is 0.391 e. The van der Waals surface area contributed by atoms with Gasteiger partial charge in [0.05, 0.1) is 18.2 Å². The first kappa shape index (κ1) is 17.2. The Kier molecular flexibility index (Phi) is 6.35. The van der Waals surface area contributed by atoms with E-state index in [4.69, 9.17) is 0 Å². The fourth-order valence-electron chi connectivity index (χ4n) is 4.92. The van der Waals surface area contributed by atoms with Crippen molar-refractivity contribution in [2.24, 2.45) is 11.8 Å². The molecular formula is C19H34N2O2. The van der Waals surface area contributed by atoms with Gasteiger partial charge in [0.25, 0.3) is 0 Å². The monoisotopic (exact) mass is 322 g/mol. The van der Waals surface area contributed by atoms with Crippen molar-refractivity contribution < 1.29 is 9.90 Å². The fourth-order valence-corrected chi connectivity index (χ4v) is 4.92. The van der Waals surface area contributed by atoms with Gasteiger partial charge in [-0.1, -0.05) is 38.5 Å². The number of carbonyl (C=O) groups is 1. The smallest absolute Gasteiger partial charge is 0.237 e. The third-order valence-corrected chi connectivity index (χ3v) is 6.34. The Bertz CT molecular complexity index is 370. The molecule has 0 radical (unpaired) electrons. The van der Waals surface area contributed by atoms with E-state index >= 15 is 0 Å². The van der Waals surface area contributed by atoms with E-state index in [2.05, 4.69) is 10.6 Å². The van der Waals surface area contributed by atoms with Crippen LogP contribution in [0.4, 0.5) is 0 Å². The quantitative estimate of drug-likeness (QED) is 0.729. The zero-order valence-corrected chi connectivity index (χ0v) is 14.4. The average Bonchev–Trinajstić information content (AvgIpc) is 3.15. The number of carbonyl (C=O) groups excluding carboxylic acids is 1. The van der Waals surface area contributed by atoms with E-state index in [9.17, 15) is 9.90 Å². The Balaban J connectivity index is 1.65. The van der Waals surface area contributed by atoms with Gasteiger partial charge in [0.15, 0.2) is 0 Å². The van der Waals surface area contributed by atoms with Gasteiger partial charge in [0.2, 0.25) is 5.91 Å². The van der Waals surface area contributed by atoms with Crippen LogP contribution in [0.2, 0.25) is 0 Å². The van der Waals surface area contributed by atoms with Crippen molar-refractivity contribution >= 4 is 5.91 Å². The molecule has 132 valence electrons. The molecule has 0 spiro atoms. The standard InChI is InChI=1S/C19H34N2O2/c22-18(15-10-5-2-6-11-15)17(14-8-3-1-4-9-14)21-19(23)16-12-7-13-20-16/h14-18,20,22H,1-13H2,(H,21,23)/t16-,17-,18+/m0/s1. The second-order valence-electron chi connectivity index (χ2n) is 7.97. The highest BCUT2D eigenvalue weighted by Crippen LogP contribution is 2.34. The van der Waals surface area contributed by atoms with E-state index in [0.29, 0.717) is 11.8 Å². The van der Waals surface area contributed by atoms with Crippen LogP contribution in [0.1, 0.15) is 77.0 Å². The minimum atomic E-state index is -0.358. The maximum Gasteiger partial charge on any atom is 0.237 e. The second kappa shape index (κ2) is 8.48. The van der Waals surface area contributed by atoms with Crippen molar-refractivity contribution in [1.82, 2.24) is 10.6 Å². The van der Waals surface area contributed by atoms with Crippen LogP contribution in [0.3, 0.4) is 0 Å². The van der Waals surface area contributed by atoms with Crippen molar-refractivity contribution in [3.05, 3.63) is 0 Å². The Morgan fingerprint density at radius 1 is 0.870 bits per heavy atom. The first-order chi connectivity index (χ1) is 11.3. The number of aliphatic hydroxyl groups excluding tert-OH is 1. The molecule has 3 atom stereocenters. The summed E-state index contributed by atoms with van der Waals surface area (Å²) in [7, 11) is 0. The summed E-state index contributed by atoms with van der Waals surface area (Å²) in [5, 5.41) is 17.6. The highest BCUT2D eigenvalue weighted by Gasteiger charge is 2.37. The summed E-state index contributed by atoms with van der Waals surface area (Å²) in [6, 6.07) is -0.0760. The Morgan fingerprint density at radius 2 is 1.48 bits per heavy atom. The van der Waals surface area contributed by atoms with E-state index in [1.165, 1.54) is 38.5 Å². The van der Waals surface area contributed by atoms with E-state index in [0.717, 1.165) is 45.1 Å². The van der Waals surface area contributed by atoms with E-state index in [1.807, 2.05) is 0 Å². The van der Waals surface area contributed by atoms with Gasteiger partial charge in [-0.15, -0.1) is 0 Å². The van der Waals surface area contributed by atoms with Crippen molar-refractivity contribution in [3.63, 3.8) is 0 Å². The van der Waals surface area contributed by atoms with Gasteiger partial charge in [-0.05, 0) is 56.9 Å². The topological polar surface area (TPSA) is 61.4 Å². The molecule has 1 heterocycles. The summed E-state index contributed by atoms with van der Waals surface area (Å²) in [6.45, 7) is 0.942. The lowest BCUT2D eigenvalue weighted by Gasteiger charge is -2.39. The van der Waals surface area contributed by atoms with Crippen LogP contribution in [-0.4, -0.2) is 35.7 Å². The highest BCUT2D eigenvalue weighted by atomic mass is 16.3. The predicted molar refractivity (Wildman–Crippen MR) is 92.1 cm³/mol. The van der Waals surface area contributed by atoms with Crippen LogP contribution >= 0.6 is 0 Å². The SMILES string of the molecule is O=C(N[C@@H](C1CCCCC1)[C@H](O)C1CCCCC1)[C@@H]1CCCN1. The molecule has 0 bridgehead atoms. The first-order valence-corrected chi connectivity index (χ1v) is 9.97. The zero-order valence-electron chi connectivity index (χ0n) is 14.4. The average molecular weight is 322 g/mol. The summed E-state index contributed by atoms with van der Waals surface area (Å²) in [4.78, 5) is 12.6. The Labute approximate surface area is 140 Å². The number of nitrogens with one attached hydrogen (secondary N) is 2. The molecule has 1 aliphatic heterocycles. The summed E-state index contributed by atoms with van der Waals surface area (Å²) >= 11 is 0. The third kappa shape index (κ3) is 4.48. The summed E-state index contributed by atoms with van der Waals surface area (Å²) in [6.07, 6.45) is 13.8. The van der Waals surface area contributed by atoms with Crippen LogP contribution < -0.4 is 10.6 Å². The molecule has 3 fully saturated rings. The molecule has 0 aromatic rings. The fraction of sp³-hybridized carbons (Fsp3) is 0.947. The molecule has 23 heavy (non-hydrogen) atoms. The van der Waals surface area contributed by atoms with E-state index in [-0.39, 0.29) is 24.1 Å². The van der Waals surface area contributed by atoms with Crippen LogP contribution in [0.25, 0.3) is 0 Å². The first-order valence-electron chi connectivity index (χ1n) is 9.97. The van der Waals surface area contributed by atoms with Crippen LogP contribution in [0, 0.1) is 11.8 Å². The number of amides is 1. The molecule has 2 saturated carbocycles. The van der Waals surface area contributed by atoms with Gasteiger partial charge in [0, 0.05) is 0 Å². The lowest BCUT2D eigenvalue weighted by Crippen LogP contribution is -2.55. The lowest BCUT2D eigenvalue weighted by molar-refractivity contribution is -0.125. The van der Waals surface area contributed by atoms with Crippen molar-refractivity contribution in [2.45, 2.75) is 95.2 Å². The number of hydrogen-bond donors (Lipinski definition) is 3. The minimum Gasteiger partial charge on any atom is -0.391 e. The van der Waals surface area contributed by atoms with Crippen LogP contribution in [0.5, 0.6) is 0 Å². The van der Waals surface area contributed by atoms with Gasteiger partial charge >= 0.3 is 0 Å². The zero-order chi connectivity index (χ0) is 16.1. The summed E-state index contributed by atoms with van der Waals surface area (Å²) in [5.41, 5.74) is 0. The van der Waals surface area contributed by atoms with E-state index in [1.54, 1.807) is 0 Å². The molecule has 4 heteroatoms. The van der Waals surface area contributed by atoms with Crippen LogP contribution in [-0.2, 0) is 4.79 Å². The van der Waals surface area contributed by atoms with Gasteiger partial charge < -0.3 is 15.7 Å². The Hall–Kier alpha value is -0.610. The van der Waals surface area contributed by atoms with E-state index < -0.39 is 0 Å². The van der Waals surface area contributed by atoms with Crippen LogP contribution in [0.15, 0.2) is 0 Å². The molecule has 0 aromatic heterocycles. The lowest BCUT2D eigenvalue weighted by atomic mass is 9.75. The van der Waals surface area contributed by atoms with Gasteiger partial charge in [-0.2, -0.15) is 0 Å². The van der Waals surface area contributed by atoms with Crippen molar-refractivity contribution in [2.75, 3.05) is 6.54 Å². The van der Waals surface area contributed by atoms with Gasteiger partial charge in [-0.3, -0.25) is 4.79 Å². The predicted octanol–water partition coefficient (Wildman–Crippen LogP) is 2.74. The molecule has 0 unspecified atom stereocenters. The third-order valence-electron chi connectivity index (χ3n) is 6.34. The molecule has 1 amide bonds. The maximum atomic E-state index is 12.6. The molecule has 3 rings (SSSR count). The molecular weight excluding hydrogens is 288 g/mol. The normalized spacial score (nSPS) is 30.0. The minimum absolute atomic E-state index is 0.0340. The van der Waals surface area contributed by atoms with Crippen molar-refractivity contribution in [1.29, 1.82) is 0 Å².